The molecule has 1 heterocycles. The van der Waals surface area contributed by atoms with E-state index in [1.54, 1.807) is 6.33 Å². The van der Waals surface area contributed by atoms with E-state index in [4.69, 9.17) is 5.73 Å². The Morgan fingerprint density at radius 1 is 1.29 bits per heavy atom. The Balaban J connectivity index is 2.42. The van der Waals surface area contributed by atoms with Gasteiger partial charge in [-0.25, -0.2) is 9.97 Å². The summed E-state index contributed by atoms with van der Waals surface area (Å²) in [5.41, 5.74) is 7.39. The monoisotopic (exact) mass is 193 g/mol. The van der Waals surface area contributed by atoms with Crippen molar-refractivity contribution in [2.24, 2.45) is 11.1 Å². The maximum absolute atomic E-state index is 6.06. The molecule has 1 unspecified atom stereocenters. The summed E-state index contributed by atoms with van der Waals surface area (Å²) < 4.78 is 0. The third-order valence-electron chi connectivity index (χ3n) is 2.47. The highest BCUT2D eigenvalue weighted by Gasteiger charge is 2.19. The Bertz CT molecular complexity index is 264. The van der Waals surface area contributed by atoms with Crippen molar-refractivity contribution in [2.75, 3.05) is 0 Å². The molecule has 0 saturated heterocycles. The molecule has 0 amide bonds. The lowest BCUT2D eigenvalue weighted by Gasteiger charge is -2.26. The first-order valence-electron chi connectivity index (χ1n) is 4.99. The fourth-order valence-corrected chi connectivity index (χ4v) is 1.21. The maximum atomic E-state index is 6.06. The van der Waals surface area contributed by atoms with Crippen LogP contribution in [0, 0.1) is 5.41 Å². The molecule has 3 nitrogen and oxygen atoms in total. The van der Waals surface area contributed by atoms with E-state index >= 15 is 0 Å². The smallest absolute Gasteiger partial charge is 0.115 e. The molecule has 78 valence electrons. The molecule has 0 saturated carbocycles. The predicted octanol–water partition coefficient (Wildman–Crippen LogP) is 1.78. The summed E-state index contributed by atoms with van der Waals surface area (Å²) >= 11 is 0. The van der Waals surface area contributed by atoms with Crippen LogP contribution in [0.1, 0.15) is 32.8 Å². The van der Waals surface area contributed by atoms with Crippen LogP contribution in [0.25, 0.3) is 0 Å². The molecule has 0 bridgehead atoms. The van der Waals surface area contributed by atoms with Crippen molar-refractivity contribution in [2.45, 2.75) is 39.7 Å². The van der Waals surface area contributed by atoms with Crippen molar-refractivity contribution in [3.05, 3.63) is 24.3 Å². The van der Waals surface area contributed by atoms with Gasteiger partial charge in [-0.3, -0.25) is 0 Å². The van der Waals surface area contributed by atoms with Crippen molar-refractivity contribution in [1.29, 1.82) is 0 Å². The highest BCUT2D eigenvalue weighted by Crippen LogP contribution is 2.20. The molecule has 1 aromatic rings. The molecular weight excluding hydrogens is 174 g/mol. The minimum Gasteiger partial charge on any atom is -0.327 e. The second kappa shape index (κ2) is 4.51. The first-order chi connectivity index (χ1) is 6.50. The van der Waals surface area contributed by atoms with Gasteiger partial charge < -0.3 is 5.73 Å². The Morgan fingerprint density at radius 3 is 2.36 bits per heavy atom. The van der Waals surface area contributed by atoms with Gasteiger partial charge in [-0.2, -0.15) is 0 Å². The van der Waals surface area contributed by atoms with E-state index in [1.807, 2.05) is 12.4 Å². The van der Waals surface area contributed by atoms with E-state index in [0.717, 1.165) is 18.4 Å². The molecule has 0 aliphatic rings. The third-order valence-corrected chi connectivity index (χ3v) is 2.47. The molecule has 0 radical (unpaired) electrons. The zero-order chi connectivity index (χ0) is 10.6. The number of aromatic nitrogens is 2. The second-order valence-electron chi connectivity index (χ2n) is 4.76. The van der Waals surface area contributed by atoms with Crippen LogP contribution in [0.3, 0.4) is 0 Å². The van der Waals surface area contributed by atoms with Crippen molar-refractivity contribution >= 4 is 0 Å². The molecular formula is C11H19N3. The van der Waals surface area contributed by atoms with Gasteiger partial charge in [0.2, 0.25) is 0 Å². The van der Waals surface area contributed by atoms with Gasteiger partial charge in [0.1, 0.15) is 6.33 Å². The quantitative estimate of drug-likeness (QED) is 0.796. The molecule has 3 heteroatoms. The molecule has 2 N–H and O–H groups in total. The lowest BCUT2D eigenvalue weighted by molar-refractivity contribution is 0.306. The summed E-state index contributed by atoms with van der Waals surface area (Å²) in [6.07, 6.45) is 7.19. The van der Waals surface area contributed by atoms with Crippen LogP contribution in [0.5, 0.6) is 0 Å². The lowest BCUT2D eigenvalue weighted by Crippen LogP contribution is -2.35. The van der Waals surface area contributed by atoms with Crippen LogP contribution in [0.2, 0.25) is 0 Å². The number of hydrogen-bond acceptors (Lipinski definition) is 3. The normalized spacial score (nSPS) is 14.0. The summed E-state index contributed by atoms with van der Waals surface area (Å²) in [4.78, 5) is 7.95. The van der Waals surface area contributed by atoms with Crippen LogP contribution in [-0.4, -0.2) is 16.0 Å². The standard InChI is InChI=1S/C11H19N3/c1-11(2,3)10(12)5-4-9-6-13-8-14-7-9/h6-8,10H,4-5,12H2,1-3H3. The number of nitrogens with two attached hydrogens (primary N) is 1. The first-order valence-corrected chi connectivity index (χ1v) is 4.99. The van der Waals surface area contributed by atoms with E-state index < -0.39 is 0 Å². The highest BCUT2D eigenvalue weighted by molar-refractivity contribution is 5.03. The van der Waals surface area contributed by atoms with Gasteiger partial charge in [-0.05, 0) is 23.8 Å². The minimum atomic E-state index is 0.176. The molecule has 0 aliphatic heterocycles. The second-order valence-corrected chi connectivity index (χ2v) is 4.76. The molecule has 0 fully saturated rings. The van der Waals surface area contributed by atoms with E-state index in [9.17, 15) is 0 Å². The summed E-state index contributed by atoms with van der Waals surface area (Å²) in [6, 6.07) is 0.225. The summed E-state index contributed by atoms with van der Waals surface area (Å²) in [7, 11) is 0. The Kier molecular flexibility index (Phi) is 3.58. The van der Waals surface area contributed by atoms with E-state index in [-0.39, 0.29) is 11.5 Å². The molecule has 1 rings (SSSR count). The van der Waals surface area contributed by atoms with Gasteiger partial charge in [0.05, 0.1) is 0 Å². The highest BCUT2D eigenvalue weighted by atomic mass is 14.8. The van der Waals surface area contributed by atoms with Gasteiger partial charge >= 0.3 is 0 Å². The molecule has 1 atom stereocenters. The number of rotatable bonds is 3. The van der Waals surface area contributed by atoms with Gasteiger partial charge in [0.15, 0.2) is 0 Å². The number of nitrogens with zero attached hydrogens (tertiary/aromatic N) is 2. The van der Waals surface area contributed by atoms with Crippen molar-refractivity contribution in [1.82, 2.24) is 9.97 Å². The lowest BCUT2D eigenvalue weighted by atomic mass is 9.84. The summed E-state index contributed by atoms with van der Waals surface area (Å²) in [6.45, 7) is 6.50. The molecule has 0 spiro atoms. The van der Waals surface area contributed by atoms with E-state index in [0.29, 0.717) is 0 Å². The van der Waals surface area contributed by atoms with Crippen molar-refractivity contribution in [3.8, 4) is 0 Å². The van der Waals surface area contributed by atoms with Gasteiger partial charge in [0, 0.05) is 18.4 Å². The average molecular weight is 193 g/mol. The maximum Gasteiger partial charge on any atom is 0.115 e. The Hall–Kier alpha value is -0.960. The fourth-order valence-electron chi connectivity index (χ4n) is 1.21. The van der Waals surface area contributed by atoms with E-state index in [2.05, 4.69) is 30.7 Å². The summed E-state index contributed by atoms with van der Waals surface area (Å²) in [5.74, 6) is 0. The fraction of sp³-hybridized carbons (Fsp3) is 0.636. The first kappa shape index (κ1) is 11.1. The van der Waals surface area contributed by atoms with Crippen molar-refractivity contribution < 1.29 is 0 Å². The topological polar surface area (TPSA) is 51.8 Å². The number of hydrogen-bond donors (Lipinski definition) is 1. The minimum absolute atomic E-state index is 0.176. The average Bonchev–Trinajstić information content (AvgIpc) is 2.14. The van der Waals surface area contributed by atoms with Gasteiger partial charge in [0.25, 0.3) is 0 Å². The van der Waals surface area contributed by atoms with Crippen LogP contribution in [-0.2, 0) is 6.42 Å². The van der Waals surface area contributed by atoms with Crippen LogP contribution < -0.4 is 5.73 Å². The van der Waals surface area contributed by atoms with Crippen LogP contribution in [0.4, 0.5) is 0 Å². The van der Waals surface area contributed by atoms with Gasteiger partial charge in [-0.1, -0.05) is 20.8 Å². The van der Waals surface area contributed by atoms with Crippen LogP contribution >= 0.6 is 0 Å². The Labute approximate surface area is 85.8 Å². The van der Waals surface area contributed by atoms with Gasteiger partial charge in [-0.15, -0.1) is 0 Å². The molecule has 0 aromatic carbocycles. The predicted molar refractivity (Wildman–Crippen MR) is 57.8 cm³/mol. The SMILES string of the molecule is CC(C)(C)C(N)CCc1cncnc1. The number of aryl methyl sites for hydroxylation is 1. The van der Waals surface area contributed by atoms with Crippen molar-refractivity contribution in [3.63, 3.8) is 0 Å². The van der Waals surface area contributed by atoms with E-state index in [1.165, 1.54) is 0 Å². The van der Waals surface area contributed by atoms with Crippen LogP contribution in [0.15, 0.2) is 18.7 Å². The zero-order valence-corrected chi connectivity index (χ0v) is 9.20. The molecule has 14 heavy (non-hydrogen) atoms. The summed E-state index contributed by atoms with van der Waals surface area (Å²) in [5, 5.41) is 0. The largest absolute Gasteiger partial charge is 0.327 e. The molecule has 1 aromatic heterocycles. The third kappa shape index (κ3) is 3.42. The molecule has 0 aliphatic carbocycles. The zero-order valence-electron chi connectivity index (χ0n) is 9.20. The Morgan fingerprint density at radius 2 is 1.86 bits per heavy atom.